The van der Waals surface area contributed by atoms with Crippen molar-refractivity contribution in [3.8, 4) is 6.07 Å². The largest absolute Gasteiger partial charge is 0.354 e. The summed E-state index contributed by atoms with van der Waals surface area (Å²) in [5, 5.41) is 12.2. The zero-order valence-corrected chi connectivity index (χ0v) is 12.2. The lowest BCUT2D eigenvalue weighted by Crippen LogP contribution is -2.00. The van der Waals surface area contributed by atoms with Gasteiger partial charge in [-0.15, -0.1) is 0 Å². The Hall–Kier alpha value is -1.86. The molecule has 0 unspecified atom stereocenters. The van der Waals surface area contributed by atoms with Gasteiger partial charge < -0.3 is 5.32 Å². The molecule has 0 fully saturated rings. The van der Waals surface area contributed by atoms with Gasteiger partial charge in [0.2, 0.25) is 0 Å². The van der Waals surface area contributed by atoms with Gasteiger partial charge in [0.05, 0.1) is 5.69 Å². The van der Waals surface area contributed by atoms with Crippen LogP contribution in [-0.2, 0) is 0 Å². The van der Waals surface area contributed by atoms with E-state index in [-0.39, 0.29) is 5.56 Å². The number of halogens is 2. The minimum atomic E-state index is -0.514. The lowest BCUT2D eigenvalue weighted by Gasteiger charge is -2.14. The number of aryl methyl sites for hydroxylation is 2. The predicted octanol–water partition coefficient (Wildman–Crippen LogP) is 4.82. The van der Waals surface area contributed by atoms with Crippen LogP contribution in [0.25, 0.3) is 0 Å². The van der Waals surface area contributed by atoms with E-state index in [4.69, 9.17) is 5.26 Å². The molecule has 0 radical (unpaired) electrons. The van der Waals surface area contributed by atoms with Crippen LogP contribution >= 0.6 is 15.9 Å². The molecule has 0 spiro atoms. The van der Waals surface area contributed by atoms with Crippen molar-refractivity contribution in [1.82, 2.24) is 0 Å². The molecule has 0 saturated heterocycles. The van der Waals surface area contributed by atoms with Crippen LogP contribution in [0.3, 0.4) is 0 Å². The first-order valence-corrected chi connectivity index (χ1v) is 6.54. The molecule has 4 heteroatoms. The van der Waals surface area contributed by atoms with Gasteiger partial charge in [0.25, 0.3) is 0 Å². The highest BCUT2D eigenvalue weighted by Crippen LogP contribution is 2.29. The van der Waals surface area contributed by atoms with Gasteiger partial charge in [-0.05, 0) is 49.2 Å². The van der Waals surface area contributed by atoms with Gasteiger partial charge in [-0.25, -0.2) is 4.39 Å². The number of nitrogens with zero attached hydrogens (tertiary/aromatic N) is 1. The van der Waals surface area contributed by atoms with E-state index in [9.17, 15) is 4.39 Å². The molecular formula is C15H12BrFN2. The fraction of sp³-hybridized carbons (Fsp3) is 0.133. The van der Waals surface area contributed by atoms with Gasteiger partial charge in [-0.2, -0.15) is 5.26 Å². The van der Waals surface area contributed by atoms with Crippen molar-refractivity contribution in [2.75, 3.05) is 5.32 Å². The average Bonchev–Trinajstić information content (AvgIpc) is 2.34. The van der Waals surface area contributed by atoms with Crippen molar-refractivity contribution < 1.29 is 4.39 Å². The van der Waals surface area contributed by atoms with Crippen molar-refractivity contribution in [1.29, 1.82) is 5.26 Å². The molecule has 0 atom stereocenters. The molecule has 0 aliphatic carbocycles. The van der Waals surface area contributed by atoms with Gasteiger partial charge in [-0.3, -0.25) is 0 Å². The summed E-state index contributed by atoms with van der Waals surface area (Å²) in [6.45, 7) is 3.93. The third-order valence-corrected chi connectivity index (χ3v) is 3.34. The second kappa shape index (κ2) is 5.41. The molecule has 0 amide bonds. The summed E-state index contributed by atoms with van der Waals surface area (Å²) < 4.78 is 14.5. The van der Waals surface area contributed by atoms with Gasteiger partial charge in [0.1, 0.15) is 17.4 Å². The zero-order valence-electron chi connectivity index (χ0n) is 10.6. The number of benzene rings is 2. The first-order chi connectivity index (χ1) is 9.02. The molecular weight excluding hydrogens is 307 g/mol. The maximum absolute atomic E-state index is 13.5. The van der Waals surface area contributed by atoms with Gasteiger partial charge in [-0.1, -0.05) is 22.0 Å². The average molecular weight is 319 g/mol. The van der Waals surface area contributed by atoms with Crippen LogP contribution in [0.5, 0.6) is 0 Å². The van der Waals surface area contributed by atoms with E-state index >= 15 is 0 Å². The van der Waals surface area contributed by atoms with Crippen LogP contribution in [0.15, 0.2) is 34.8 Å². The molecule has 1 N–H and O–H groups in total. The van der Waals surface area contributed by atoms with E-state index in [1.54, 1.807) is 12.1 Å². The van der Waals surface area contributed by atoms with Gasteiger partial charge >= 0.3 is 0 Å². The summed E-state index contributed by atoms with van der Waals surface area (Å²) in [5.41, 5.74) is 3.46. The maximum Gasteiger partial charge on any atom is 0.143 e. The number of anilines is 2. The maximum atomic E-state index is 13.5. The summed E-state index contributed by atoms with van der Waals surface area (Å²) in [5.74, 6) is -0.514. The fourth-order valence-electron chi connectivity index (χ4n) is 1.98. The van der Waals surface area contributed by atoms with Crippen molar-refractivity contribution in [2.45, 2.75) is 13.8 Å². The second-order valence-corrected chi connectivity index (χ2v) is 5.23. The van der Waals surface area contributed by atoms with Crippen LogP contribution in [-0.4, -0.2) is 0 Å². The number of nitrogens with one attached hydrogen (secondary N) is 1. The molecule has 0 bridgehead atoms. The summed E-state index contributed by atoms with van der Waals surface area (Å²) in [6.07, 6.45) is 0. The molecule has 0 heterocycles. The normalized spacial score (nSPS) is 10.1. The van der Waals surface area contributed by atoms with Crippen LogP contribution in [0.4, 0.5) is 15.8 Å². The lowest BCUT2D eigenvalue weighted by molar-refractivity contribution is 0.624. The van der Waals surface area contributed by atoms with Crippen molar-refractivity contribution in [3.05, 3.63) is 57.3 Å². The van der Waals surface area contributed by atoms with Gasteiger partial charge in [0, 0.05) is 10.2 Å². The van der Waals surface area contributed by atoms with Crippen LogP contribution in [0, 0.1) is 31.0 Å². The van der Waals surface area contributed by atoms with E-state index in [0.29, 0.717) is 5.69 Å². The van der Waals surface area contributed by atoms with Crippen molar-refractivity contribution in [2.24, 2.45) is 0 Å². The minimum Gasteiger partial charge on any atom is -0.354 e. The molecule has 96 valence electrons. The standard InChI is InChI=1S/C15H12BrFN2/c1-9-6-11(16)7-10(2)15(9)19-14-5-3-4-13(17)12(14)8-18/h3-7,19H,1-2H3. The lowest BCUT2D eigenvalue weighted by atomic mass is 10.1. The highest BCUT2D eigenvalue weighted by molar-refractivity contribution is 9.10. The molecule has 0 saturated carbocycles. The molecule has 2 aromatic carbocycles. The number of hydrogen-bond acceptors (Lipinski definition) is 2. The van der Waals surface area contributed by atoms with Crippen LogP contribution in [0.1, 0.15) is 16.7 Å². The Balaban J connectivity index is 2.49. The number of hydrogen-bond donors (Lipinski definition) is 1. The SMILES string of the molecule is Cc1cc(Br)cc(C)c1Nc1cccc(F)c1C#N. The van der Waals surface area contributed by atoms with Crippen LogP contribution < -0.4 is 5.32 Å². The smallest absolute Gasteiger partial charge is 0.143 e. The molecule has 19 heavy (non-hydrogen) atoms. The molecule has 2 nitrogen and oxygen atoms in total. The Morgan fingerprint density at radius 2 is 1.84 bits per heavy atom. The van der Waals surface area contributed by atoms with Crippen LogP contribution in [0.2, 0.25) is 0 Å². The molecule has 2 rings (SSSR count). The summed E-state index contributed by atoms with van der Waals surface area (Å²) in [4.78, 5) is 0. The second-order valence-electron chi connectivity index (χ2n) is 4.31. The highest BCUT2D eigenvalue weighted by Gasteiger charge is 2.10. The predicted molar refractivity (Wildman–Crippen MR) is 78.0 cm³/mol. The van der Waals surface area contributed by atoms with Crippen molar-refractivity contribution >= 4 is 27.3 Å². The molecule has 0 aliphatic rings. The van der Waals surface area contributed by atoms with E-state index < -0.39 is 5.82 Å². The third-order valence-electron chi connectivity index (χ3n) is 2.88. The quantitative estimate of drug-likeness (QED) is 0.861. The van der Waals surface area contributed by atoms with E-state index in [1.165, 1.54) is 6.07 Å². The Morgan fingerprint density at radius 3 is 2.42 bits per heavy atom. The van der Waals surface area contributed by atoms with E-state index in [0.717, 1.165) is 21.3 Å². The monoisotopic (exact) mass is 318 g/mol. The Morgan fingerprint density at radius 1 is 1.21 bits per heavy atom. The van der Waals surface area contributed by atoms with Gasteiger partial charge in [0.15, 0.2) is 0 Å². The highest BCUT2D eigenvalue weighted by atomic mass is 79.9. The summed E-state index contributed by atoms with van der Waals surface area (Å²) >= 11 is 3.43. The number of nitriles is 1. The van der Waals surface area contributed by atoms with E-state index in [1.807, 2.05) is 32.0 Å². The molecule has 2 aromatic rings. The number of rotatable bonds is 2. The zero-order chi connectivity index (χ0) is 14.0. The summed E-state index contributed by atoms with van der Waals surface area (Å²) in [7, 11) is 0. The first kappa shape index (κ1) is 13.6. The fourth-order valence-corrected chi connectivity index (χ4v) is 2.67. The Bertz CT molecular complexity index is 651. The molecule has 0 aliphatic heterocycles. The topological polar surface area (TPSA) is 35.8 Å². The molecule has 0 aromatic heterocycles. The first-order valence-electron chi connectivity index (χ1n) is 5.75. The van der Waals surface area contributed by atoms with Crippen molar-refractivity contribution in [3.63, 3.8) is 0 Å². The Kier molecular flexibility index (Phi) is 3.87. The summed E-state index contributed by atoms with van der Waals surface area (Å²) in [6, 6.07) is 10.4. The Labute approximate surface area is 120 Å². The third kappa shape index (κ3) is 2.77. The van der Waals surface area contributed by atoms with E-state index in [2.05, 4.69) is 21.2 Å². The minimum absolute atomic E-state index is 0.0317.